The van der Waals surface area contributed by atoms with E-state index in [1.54, 1.807) is 0 Å². The summed E-state index contributed by atoms with van der Waals surface area (Å²) in [7, 11) is 0. The maximum absolute atomic E-state index is 6.10. The van der Waals surface area contributed by atoms with E-state index in [1.807, 2.05) is 13.0 Å². The van der Waals surface area contributed by atoms with Crippen LogP contribution in [-0.4, -0.2) is 29.2 Å². The van der Waals surface area contributed by atoms with E-state index in [1.165, 1.54) is 25.7 Å². The van der Waals surface area contributed by atoms with Gasteiger partial charge in [-0.15, -0.1) is 0 Å². The fourth-order valence-electron chi connectivity index (χ4n) is 2.06. The molecular formula is C14H22ClN3O. The molecule has 0 unspecified atom stereocenters. The van der Waals surface area contributed by atoms with Gasteiger partial charge in [0, 0.05) is 25.3 Å². The lowest BCUT2D eigenvalue weighted by Crippen LogP contribution is -2.28. The maximum atomic E-state index is 6.10. The van der Waals surface area contributed by atoms with Crippen molar-refractivity contribution in [3.63, 3.8) is 0 Å². The third kappa shape index (κ3) is 4.32. The zero-order valence-corrected chi connectivity index (χ0v) is 12.5. The van der Waals surface area contributed by atoms with Gasteiger partial charge in [0.1, 0.15) is 17.6 Å². The zero-order chi connectivity index (χ0) is 13.7. The van der Waals surface area contributed by atoms with E-state index in [2.05, 4.69) is 21.8 Å². The van der Waals surface area contributed by atoms with E-state index >= 15 is 0 Å². The second kappa shape index (κ2) is 7.06. The number of hydrogen-bond acceptors (Lipinski definition) is 4. The van der Waals surface area contributed by atoms with Gasteiger partial charge in [-0.2, -0.15) is 0 Å². The second-order valence-electron chi connectivity index (χ2n) is 4.88. The molecule has 106 valence electrons. The number of ether oxygens (including phenoxy) is 1. The number of anilines is 1. The van der Waals surface area contributed by atoms with Crippen molar-refractivity contribution in [2.75, 3.05) is 18.1 Å². The van der Waals surface area contributed by atoms with Gasteiger partial charge in [-0.1, -0.05) is 24.9 Å². The summed E-state index contributed by atoms with van der Waals surface area (Å²) >= 11 is 6.10. The van der Waals surface area contributed by atoms with Gasteiger partial charge in [0.25, 0.3) is 0 Å². The first-order valence-corrected chi connectivity index (χ1v) is 7.50. The Morgan fingerprint density at radius 1 is 1.37 bits per heavy atom. The lowest BCUT2D eigenvalue weighted by molar-refractivity contribution is 0.128. The molecule has 0 aliphatic heterocycles. The third-order valence-corrected chi connectivity index (χ3v) is 3.39. The van der Waals surface area contributed by atoms with Gasteiger partial charge in [0.05, 0.1) is 0 Å². The van der Waals surface area contributed by atoms with Crippen LogP contribution in [0.3, 0.4) is 0 Å². The number of nitrogens with zero attached hydrogens (tertiary/aromatic N) is 3. The summed E-state index contributed by atoms with van der Waals surface area (Å²) in [5.41, 5.74) is 0. The van der Waals surface area contributed by atoms with Crippen LogP contribution in [0.15, 0.2) is 6.07 Å². The molecule has 0 radical (unpaired) electrons. The van der Waals surface area contributed by atoms with Crippen molar-refractivity contribution >= 4 is 17.4 Å². The fourth-order valence-corrected chi connectivity index (χ4v) is 2.25. The SMILES string of the molecule is CCCCN(c1cc(Cl)nc(COCC)n1)C1CC1. The van der Waals surface area contributed by atoms with Crippen molar-refractivity contribution in [2.45, 2.75) is 52.2 Å². The van der Waals surface area contributed by atoms with Crippen molar-refractivity contribution < 1.29 is 4.74 Å². The molecule has 0 aromatic carbocycles. The van der Waals surface area contributed by atoms with Crippen LogP contribution >= 0.6 is 11.6 Å². The summed E-state index contributed by atoms with van der Waals surface area (Å²) in [5, 5.41) is 0.502. The summed E-state index contributed by atoms with van der Waals surface area (Å²) in [6.45, 7) is 6.30. The lowest BCUT2D eigenvalue weighted by atomic mass is 10.3. The highest BCUT2D eigenvalue weighted by Gasteiger charge is 2.30. The first kappa shape index (κ1) is 14.5. The largest absolute Gasteiger partial charge is 0.374 e. The molecule has 4 nitrogen and oxygen atoms in total. The van der Waals surface area contributed by atoms with E-state index in [-0.39, 0.29) is 0 Å². The van der Waals surface area contributed by atoms with Gasteiger partial charge < -0.3 is 9.64 Å². The highest BCUT2D eigenvalue weighted by molar-refractivity contribution is 6.29. The van der Waals surface area contributed by atoms with Crippen LogP contribution in [0.1, 0.15) is 45.4 Å². The molecule has 0 atom stereocenters. The van der Waals surface area contributed by atoms with Gasteiger partial charge in [0.2, 0.25) is 0 Å². The van der Waals surface area contributed by atoms with Crippen LogP contribution in [0, 0.1) is 0 Å². The minimum absolute atomic E-state index is 0.427. The normalized spacial score (nSPS) is 14.7. The van der Waals surface area contributed by atoms with E-state index in [9.17, 15) is 0 Å². The zero-order valence-electron chi connectivity index (χ0n) is 11.7. The predicted molar refractivity (Wildman–Crippen MR) is 77.6 cm³/mol. The molecule has 2 rings (SSSR count). The van der Waals surface area contributed by atoms with Crippen LogP contribution in [-0.2, 0) is 11.3 Å². The molecule has 0 saturated heterocycles. The van der Waals surface area contributed by atoms with Gasteiger partial charge in [-0.3, -0.25) is 0 Å². The molecule has 0 N–H and O–H groups in total. The van der Waals surface area contributed by atoms with Crippen LogP contribution < -0.4 is 4.90 Å². The predicted octanol–water partition coefficient (Wildman–Crippen LogP) is 3.44. The number of halogens is 1. The number of rotatable bonds is 8. The molecule has 1 aliphatic rings. The first-order valence-electron chi connectivity index (χ1n) is 7.12. The van der Waals surface area contributed by atoms with Gasteiger partial charge in [0.15, 0.2) is 5.82 Å². The summed E-state index contributed by atoms with van der Waals surface area (Å²) < 4.78 is 5.36. The quantitative estimate of drug-likeness (QED) is 0.685. The average Bonchev–Trinajstić information content (AvgIpc) is 3.21. The van der Waals surface area contributed by atoms with Crippen LogP contribution in [0.25, 0.3) is 0 Å². The molecule has 19 heavy (non-hydrogen) atoms. The van der Waals surface area contributed by atoms with Crippen molar-refractivity contribution in [3.8, 4) is 0 Å². The summed E-state index contributed by atoms with van der Waals surface area (Å²) in [6, 6.07) is 2.50. The lowest BCUT2D eigenvalue weighted by Gasteiger charge is -2.23. The fraction of sp³-hybridized carbons (Fsp3) is 0.714. The first-order chi connectivity index (χ1) is 9.24. The Bertz CT molecular complexity index is 410. The summed E-state index contributed by atoms with van der Waals surface area (Å²) in [5.74, 6) is 1.62. The van der Waals surface area contributed by atoms with Crippen LogP contribution in [0.2, 0.25) is 5.15 Å². The van der Waals surface area contributed by atoms with Gasteiger partial charge in [-0.25, -0.2) is 9.97 Å². The Balaban J connectivity index is 2.13. The van der Waals surface area contributed by atoms with E-state index in [0.29, 0.717) is 30.2 Å². The van der Waals surface area contributed by atoms with Crippen molar-refractivity contribution in [3.05, 3.63) is 17.0 Å². The average molecular weight is 284 g/mol. The third-order valence-electron chi connectivity index (χ3n) is 3.20. The Labute approximate surface area is 120 Å². The minimum atomic E-state index is 0.427. The van der Waals surface area contributed by atoms with E-state index in [4.69, 9.17) is 16.3 Å². The monoisotopic (exact) mass is 283 g/mol. The Hall–Kier alpha value is -0.870. The standard InChI is InChI=1S/C14H22ClN3O/c1-3-5-8-18(11-6-7-11)14-9-12(15)16-13(17-14)10-19-4-2/h9,11H,3-8,10H2,1-2H3. The van der Waals surface area contributed by atoms with Crippen LogP contribution in [0.5, 0.6) is 0 Å². The number of hydrogen-bond donors (Lipinski definition) is 0. The summed E-state index contributed by atoms with van der Waals surface area (Å²) in [4.78, 5) is 11.2. The molecule has 1 aromatic heterocycles. The topological polar surface area (TPSA) is 38.2 Å². The number of aromatic nitrogens is 2. The Kier molecular flexibility index (Phi) is 5.40. The number of unbranched alkanes of at least 4 members (excludes halogenated alkanes) is 1. The Morgan fingerprint density at radius 2 is 2.16 bits per heavy atom. The molecule has 1 saturated carbocycles. The van der Waals surface area contributed by atoms with Crippen molar-refractivity contribution in [2.24, 2.45) is 0 Å². The highest BCUT2D eigenvalue weighted by Crippen LogP contribution is 2.31. The molecular weight excluding hydrogens is 262 g/mol. The van der Waals surface area contributed by atoms with Gasteiger partial charge >= 0.3 is 0 Å². The second-order valence-corrected chi connectivity index (χ2v) is 5.27. The molecule has 1 heterocycles. The molecule has 1 fully saturated rings. The van der Waals surface area contributed by atoms with Crippen LogP contribution in [0.4, 0.5) is 5.82 Å². The smallest absolute Gasteiger partial charge is 0.158 e. The molecule has 1 aromatic rings. The minimum Gasteiger partial charge on any atom is -0.374 e. The Morgan fingerprint density at radius 3 is 2.79 bits per heavy atom. The van der Waals surface area contributed by atoms with E-state index < -0.39 is 0 Å². The molecule has 0 bridgehead atoms. The molecule has 0 spiro atoms. The van der Waals surface area contributed by atoms with Crippen molar-refractivity contribution in [1.29, 1.82) is 0 Å². The maximum Gasteiger partial charge on any atom is 0.158 e. The van der Waals surface area contributed by atoms with Gasteiger partial charge in [-0.05, 0) is 26.2 Å². The molecule has 5 heteroatoms. The highest BCUT2D eigenvalue weighted by atomic mass is 35.5. The molecule has 0 amide bonds. The van der Waals surface area contributed by atoms with Crippen molar-refractivity contribution in [1.82, 2.24) is 9.97 Å². The summed E-state index contributed by atoms with van der Waals surface area (Å²) in [6.07, 6.45) is 4.88. The van der Waals surface area contributed by atoms with E-state index in [0.717, 1.165) is 12.4 Å². The molecule has 1 aliphatic carbocycles.